The van der Waals surface area contributed by atoms with Crippen LogP contribution in [0.3, 0.4) is 0 Å². The van der Waals surface area contributed by atoms with Crippen molar-refractivity contribution in [3.63, 3.8) is 0 Å². The second kappa shape index (κ2) is 7.19. The fourth-order valence-corrected chi connectivity index (χ4v) is 1.69. The molecule has 0 radical (unpaired) electrons. The van der Waals surface area contributed by atoms with Crippen molar-refractivity contribution in [1.29, 1.82) is 0 Å². The van der Waals surface area contributed by atoms with Gasteiger partial charge in [0, 0.05) is 5.57 Å². The molecule has 0 amide bonds. The van der Waals surface area contributed by atoms with E-state index in [1.165, 1.54) is 0 Å². The van der Waals surface area contributed by atoms with Crippen molar-refractivity contribution in [3.05, 3.63) is 11.6 Å². The number of aliphatic hydroxyl groups excluding tert-OH is 1. The summed E-state index contributed by atoms with van der Waals surface area (Å²) >= 11 is 0. The van der Waals surface area contributed by atoms with Gasteiger partial charge in [0.05, 0.1) is 6.10 Å². The van der Waals surface area contributed by atoms with Crippen LogP contribution in [0.4, 0.5) is 48.3 Å². The zero-order valence-electron chi connectivity index (χ0n) is 12.8. The summed E-state index contributed by atoms with van der Waals surface area (Å²) in [6, 6.07) is 0. The van der Waals surface area contributed by atoms with Crippen LogP contribution >= 0.6 is 0 Å². The van der Waals surface area contributed by atoms with E-state index in [-0.39, 0.29) is 6.92 Å². The number of halogens is 11. The van der Waals surface area contributed by atoms with Crippen LogP contribution in [0.5, 0.6) is 0 Å². The fraction of sp³-hybridized carbons (Fsp3) is 0.750. The monoisotopic (exact) mass is 412 g/mol. The Morgan fingerprint density at radius 1 is 0.923 bits per heavy atom. The SMILES string of the molecule is CC(=CC(C(F)(F)F)(C(F)(F)F)C(F)(F)C(F)(F)F)C(=O)OCC(C)O. The number of ether oxygens (including phenoxy) is 1. The van der Waals surface area contributed by atoms with E-state index >= 15 is 0 Å². The van der Waals surface area contributed by atoms with Gasteiger partial charge in [0.25, 0.3) is 5.41 Å². The Balaban J connectivity index is 6.63. The Kier molecular flexibility index (Phi) is 6.75. The third-order valence-corrected chi connectivity index (χ3v) is 2.96. The van der Waals surface area contributed by atoms with Crippen LogP contribution in [-0.4, -0.2) is 48.2 Å². The molecule has 0 aliphatic heterocycles. The first-order valence-corrected chi connectivity index (χ1v) is 6.35. The molecule has 0 rings (SSSR count). The molecule has 26 heavy (non-hydrogen) atoms. The van der Waals surface area contributed by atoms with Crippen LogP contribution in [0.25, 0.3) is 0 Å². The van der Waals surface area contributed by atoms with Crippen molar-refractivity contribution in [2.45, 2.75) is 44.4 Å². The van der Waals surface area contributed by atoms with Gasteiger partial charge in [0.1, 0.15) is 6.61 Å². The number of carbonyl (C=O) groups excluding carboxylic acids is 1. The Labute approximate surface area is 138 Å². The van der Waals surface area contributed by atoms with Gasteiger partial charge in [0.15, 0.2) is 0 Å². The maximum atomic E-state index is 13.4. The molecule has 0 aliphatic carbocycles. The van der Waals surface area contributed by atoms with Crippen molar-refractivity contribution in [2.75, 3.05) is 6.61 Å². The first kappa shape index (κ1) is 24.4. The number of alkyl halides is 11. The lowest BCUT2D eigenvalue weighted by molar-refractivity contribution is -0.431. The minimum atomic E-state index is -7.36. The van der Waals surface area contributed by atoms with E-state index in [0.717, 1.165) is 6.92 Å². The summed E-state index contributed by atoms with van der Waals surface area (Å²) in [5.74, 6) is -9.41. The Hall–Kier alpha value is -1.60. The van der Waals surface area contributed by atoms with Gasteiger partial charge in [-0.25, -0.2) is 4.79 Å². The third kappa shape index (κ3) is 4.38. The van der Waals surface area contributed by atoms with E-state index in [2.05, 4.69) is 4.74 Å². The lowest BCUT2D eigenvalue weighted by Crippen LogP contribution is -2.65. The number of carbonyl (C=O) groups is 1. The van der Waals surface area contributed by atoms with Gasteiger partial charge in [-0.1, -0.05) is 0 Å². The predicted molar refractivity (Wildman–Crippen MR) is 61.9 cm³/mol. The van der Waals surface area contributed by atoms with E-state index < -0.39 is 60.2 Å². The average molecular weight is 412 g/mol. The molecule has 0 saturated heterocycles. The van der Waals surface area contributed by atoms with Crippen molar-refractivity contribution < 1.29 is 62.9 Å². The maximum Gasteiger partial charge on any atom is 0.454 e. The number of rotatable bonds is 5. The largest absolute Gasteiger partial charge is 0.460 e. The summed E-state index contributed by atoms with van der Waals surface area (Å²) in [5, 5.41) is 8.78. The van der Waals surface area contributed by atoms with E-state index in [0.29, 0.717) is 0 Å². The van der Waals surface area contributed by atoms with Crippen LogP contribution in [0.15, 0.2) is 11.6 Å². The summed E-state index contributed by atoms with van der Waals surface area (Å²) in [5.41, 5.74) is -8.55. The molecule has 0 aromatic carbocycles. The van der Waals surface area contributed by atoms with E-state index in [4.69, 9.17) is 5.11 Å². The molecule has 0 saturated carbocycles. The normalized spacial score (nSPS) is 16.5. The fourth-order valence-electron chi connectivity index (χ4n) is 1.69. The van der Waals surface area contributed by atoms with Gasteiger partial charge in [0.2, 0.25) is 0 Å². The highest BCUT2D eigenvalue weighted by Crippen LogP contribution is 2.64. The van der Waals surface area contributed by atoms with Gasteiger partial charge < -0.3 is 9.84 Å². The highest BCUT2D eigenvalue weighted by Gasteiger charge is 2.88. The standard InChI is InChI=1S/C12H11F11O3/c1-5(7(25)26-4-6(2)24)3-8(10(15,16)17,11(18,19)20)9(13,14)12(21,22)23/h3,6,24H,4H2,1-2H3. The quantitative estimate of drug-likeness (QED) is 0.419. The summed E-state index contributed by atoms with van der Waals surface area (Å²) in [6.07, 6.45) is -24.6. The molecular weight excluding hydrogens is 401 g/mol. The van der Waals surface area contributed by atoms with Crippen LogP contribution in [0, 0.1) is 5.41 Å². The first-order chi connectivity index (χ1) is 11.2. The second-order valence-electron chi connectivity index (χ2n) is 5.15. The van der Waals surface area contributed by atoms with Gasteiger partial charge >= 0.3 is 30.4 Å². The van der Waals surface area contributed by atoms with Gasteiger partial charge in [-0.3, -0.25) is 0 Å². The molecule has 0 aromatic rings. The number of hydrogen-bond acceptors (Lipinski definition) is 3. The van der Waals surface area contributed by atoms with E-state index in [1.807, 2.05) is 0 Å². The topological polar surface area (TPSA) is 46.5 Å². The molecule has 154 valence electrons. The lowest BCUT2D eigenvalue weighted by Gasteiger charge is -2.41. The van der Waals surface area contributed by atoms with E-state index in [1.54, 1.807) is 0 Å². The Bertz CT molecular complexity index is 526. The molecular formula is C12H11F11O3. The number of esters is 1. The summed E-state index contributed by atoms with van der Waals surface area (Å²) < 4.78 is 145. The lowest BCUT2D eigenvalue weighted by atomic mass is 9.77. The number of aliphatic hydroxyl groups is 1. The summed E-state index contributed by atoms with van der Waals surface area (Å²) in [7, 11) is 0. The van der Waals surface area contributed by atoms with Gasteiger partial charge in [-0.05, 0) is 19.9 Å². The summed E-state index contributed by atoms with van der Waals surface area (Å²) in [6.45, 7) is 0.160. The van der Waals surface area contributed by atoms with Crippen molar-refractivity contribution in [2.24, 2.45) is 5.41 Å². The smallest absolute Gasteiger partial charge is 0.454 e. The van der Waals surface area contributed by atoms with Gasteiger partial charge in [-0.15, -0.1) is 0 Å². The molecule has 0 bridgehead atoms. The van der Waals surface area contributed by atoms with Crippen LogP contribution in [0.2, 0.25) is 0 Å². The average Bonchev–Trinajstić information content (AvgIpc) is 2.36. The van der Waals surface area contributed by atoms with E-state index in [9.17, 15) is 53.1 Å². The molecule has 0 fully saturated rings. The summed E-state index contributed by atoms with van der Waals surface area (Å²) in [4.78, 5) is 11.3. The van der Waals surface area contributed by atoms with Crippen LogP contribution in [-0.2, 0) is 9.53 Å². The molecule has 14 heteroatoms. The maximum absolute atomic E-state index is 13.4. The first-order valence-electron chi connectivity index (χ1n) is 6.35. The molecule has 0 aliphatic rings. The van der Waals surface area contributed by atoms with Crippen molar-refractivity contribution >= 4 is 5.97 Å². The molecule has 0 heterocycles. The number of hydrogen-bond donors (Lipinski definition) is 1. The van der Waals surface area contributed by atoms with Crippen LogP contribution < -0.4 is 0 Å². The Morgan fingerprint density at radius 2 is 1.31 bits per heavy atom. The molecule has 1 atom stereocenters. The van der Waals surface area contributed by atoms with Crippen LogP contribution in [0.1, 0.15) is 13.8 Å². The molecule has 1 unspecified atom stereocenters. The minimum Gasteiger partial charge on any atom is -0.460 e. The highest BCUT2D eigenvalue weighted by molar-refractivity contribution is 5.88. The number of allylic oxidation sites excluding steroid dienone is 1. The van der Waals surface area contributed by atoms with Crippen molar-refractivity contribution in [1.82, 2.24) is 0 Å². The third-order valence-electron chi connectivity index (χ3n) is 2.96. The Morgan fingerprint density at radius 3 is 1.58 bits per heavy atom. The van der Waals surface area contributed by atoms with Crippen molar-refractivity contribution in [3.8, 4) is 0 Å². The predicted octanol–water partition coefficient (Wildman–Crippen LogP) is 4.17. The molecule has 1 N–H and O–H groups in total. The molecule has 0 spiro atoms. The molecule has 3 nitrogen and oxygen atoms in total. The minimum absolute atomic E-state index is 0.128. The molecule has 0 aromatic heterocycles. The zero-order chi connectivity index (χ0) is 21.4. The highest BCUT2D eigenvalue weighted by atomic mass is 19.4. The zero-order valence-corrected chi connectivity index (χ0v) is 12.8. The second-order valence-corrected chi connectivity index (χ2v) is 5.15. The van der Waals surface area contributed by atoms with Gasteiger partial charge in [-0.2, -0.15) is 48.3 Å².